The third-order valence-corrected chi connectivity index (χ3v) is 5.38. The number of hydrogen-bond acceptors (Lipinski definition) is 3. The van der Waals surface area contributed by atoms with Crippen LogP contribution < -0.4 is 5.32 Å². The largest absolute Gasteiger partial charge is 0.376 e. The molecule has 1 amide bonds. The number of halogens is 1. The first kappa shape index (κ1) is 16.3. The molecule has 1 N–H and O–H groups in total. The minimum Gasteiger partial charge on any atom is -0.376 e. The molecule has 0 bridgehead atoms. The Bertz CT molecular complexity index is 879. The molecule has 1 aliphatic rings. The zero-order valence-electron chi connectivity index (χ0n) is 13.7. The van der Waals surface area contributed by atoms with Gasteiger partial charge in [-0.05, 0) is 48.1 Å². The molecule has 0 spiro atoms. The lowest BCUT2D eigenvalue weighted by atomic mass is 10.2. The molecule has 4 nitrogen and oxygen atoms in total. The molecule has 1 saturated heterocycles. The normalized spacial score (nSPS) is 17.2. The van der Waals surface area contributed by atoms with Gasteiger partial charge in [0.25, 0.3) is 5.91 Å². The van der Waals surface area contributed by atoms with E-state index in [2.05, 4.69) is 5.32 Å². The summed E-state index contributed by atoms with van der Waals surface area (Å²) in [5.74, 6) is -0.354. The number of aromatic nitrogens is 1. The van der Waals surface area contributed by atoms with Crippen molar-refractivity contribution in [2.45, 2.75) is 25.5 Å². The van der Waals surface area contributed by atoms with Crippen LogP contribution >= 0.6 is 11.3 Å². The Morgan fingerprint density at radius 1 is 1.32 bits per heavy atom. The van der Waals surface area contributed by atoms with Crippen molar-refractivity contribution < 1.29 is 13.9 Å². The molecule has 1 aliphatic heterocycles. The summed E-state index contributed by atoms with van der Waals surface area (Å²) in [7, 11) is 0. The quantitative estimate of drug-likeness (QED) is 0.754. The van der Waals surface area contributed by atoms with Gasteiger partial charge in [-0.3, -0.25) is 4.79 Å². The van der Waals surface area contributed by atoms with Crippen molar-refractivity contribution >= 4 is 27.5 Å². The summed E-state index contributed by atoms with van der Waals surface area (Å²) in [6.45, 7) is 1.84. The van der Waals surface area contributed by atoms with Gasteiger partial charge in [0.15, 0.2) is 0 Å². The number of amides is 1. The SMILES string of the molecule is O=C(NCC1CCCO1)c1cc2sccc2n1Cc1ccc(F)cc1. The van der Waals surface area contributed by atoms with E-state index in [1.54, 1.807) is 23.5 Å². The number of carbonyl (C=O) groups excluding carboxylic acids is 1. The van der Waals surface area contributed by atoms with E-state index in [1.165, 1.54) is 12.1 Å². The van der Waals surface area contributed by atoms with Crippen molar-refractivity contribution in [1.82, 2.24) is 9.88 Å². The van der Waals surface area contributed by atoms with Gasteiger partial charge in [-0.1, -0.05) is 12.1 Å². The molecule has 130 valence electrons. The molecule has 1 atom stereocenters. The first-order valence-corrected chi connectivity index (χ1v) is 9.29. The monoisotopic (exact) mass is 358 g/mol. The van der Waals surface area contributed by atoms with Gasteiger partial charge in [0.2, 0.25) is 0 Å². The van der Waals surface area contributed by atoms with Crippen molar-refractivity contribution in [3.63, 3.8) is 0 Å². The summed E-state index contributed by atoms with van der Waals surface area (Å²) in [5, 5.41) is 5.00. The Kier molecular flexibility index (Phi) is 4.55. The summed E-state index contributed by atoms with van der Waals surface area (Å²) in [5.41, 5.74) is 2.61. The van der Waals surface area contributed by atoms with Crippen LogP contribution in [0.15, 0.2) is 41.8 Å². The molecule has 2 aromatic heterocycles. The average molecular weight is 358 g/mol. The number of fused-ring (bicyclic) bond motifs is 1. The molecule has 1 aromatic carbocycles. The highest BCUT2D eigenvalue weighted by molar-refractivity contribution is 7.17. The summed E-state index contributed by atoms with van der Waals surface area (Å²) in [4.78, 5) is 12.7. The van der Waals surface area contributed by atoms with E-state index in [4.69, 9.17) is 4.74 Å². The summed E-state index contributed by atoms with van der Waals surface area (Å²) >= 11 is 1.61. The Morgan fingerprint density at radius 2 is 2.16 bits per heavy atom. The molecule has 6 heteroatoms. The van der Waals surface area contributed by atoms with Crippen LogP contribution in [0.4, 0.5) is 4.39 Å². The van der Waals surface area contributed by atoms with Crippen LogP contribution in [0, 0.1) is 5.82 Å². The van der Waals surface area contributed by atoms with Crippen molar-refractivity contribution in [1.29, 1.82) is 0 Å². The van der Waals surface area contributed by atoms with E-state index in [9.17, 15) is 9.18 Å². The molecule has 3 aromatic rings. The Morgan fingerprint density at radius 3 is 2.92 bits per heavy atom. The molecular formula is C19H19FN2O2S. The molecule has 3 heterocycles. The van der Waals surface area contributed by atoms with Gasteiger partial charge in [0, 0.05) is 19.7 Å². The molecule has 1 unspecified atom stereocenters. The fourth-order valence-electron chi connectivity index (χ4n) is 3.21. The van der Waals surface area contributed by atoms with Crippen molar-refractivity contribution in [2.75, 3.05) is 13.2 Å². The summed E-state index contributed by atoms with van der Waals surface area (Å²) in [6.07, 6.45) is 2.16. The van der Waals surface area contributed by atoms with Crippen molar-refractivity contribution in [3.8, 4) is 0 Å². The number of hydrogen-bond donors (Lipinski definition) is 1. The standard InChI is InChI=1S/C19H19FN2O2S/c20-14-5-3-13(4-6-14)12-22-16-7-9-25-18(16)10-17(22)19(23)21-11-15-2-1-8-24-15/h3-7,9-10,15H,1-2,8,11-12H2,(H,21,23). The zero-order chi connectivity index (χ0) is 17.2. The highest BCUT2D eigenvalue weighted by Gasteiger charge is 2.20. The second-order valence-electron chi connectivity index (χ2n) is 6.26. The fraction of sp³-hybridized carbons (Fsp3) is 0.316. The Balaban J connectivity index is 1.58. The Hall–Kier alpha value is -2.18. The lowest BCUT2D eigenvalue weighted by Crippen LogP contribution is -2.33. The van der Waals surface area contributed by atoms with Gasteiger partial charge in [-0.2, -0.15) is 0 Å². The molecular weight excluding hydrogens is 339 g/mol. The van der Waals surface area contributed by atoms with E-state index in [-0.39, 0.29) is 17.8 Å². The van der Waals surface area contributed by atoms with Crippen LogP contribution in [-0.2, 0) is 11.3 Å². The maximum absolute atomic E-state index is 13.1. The molecule has 0 aliphatic carbocycles. The molecule has 25 heavy (non-hydrogen) atoms. The van der Waals surface area contributed by atoms with Crippen LogP contribution in [0.25, 0.3) is 10.2 Å². The molecule has 0 radical (unpaired) electrons. The van der Waals surface area contributed by atoms with E-state index in [0.29, 0.717) is 18.8 Å². The Labute approximate surface area is 149 Å². The maximum Gasteiger partial charge on any atom is 0.268 e. The third-order valence-electron chi connectivity index (χ3n) is 4.52. The van der Waals surface area contributed by atoms with E-state index in [0.717, 1.165) is 35.2 Å². The lowest BCUT2D eigenvalue weighted by Gasteiger charge is -2.13. The summed E-state index contributed by atoms with van der Waals surface area (Å²) in [6, 6.07) is 10.3. The number of carbonyl (C=O) groups is 1. The lowest BCUT2D eigenvalue weighted by molar-refractivity contribution is 0.0851. The maximum atomic E-state index is 13.1. The topological polar surface area (TPSA) is 43.3 Å². The second kappa shape index (κ2) is 6.98. The van der Waals surface area contributed by atoms with Gasteiger partial charge in [-0.15, -0.1) is 11.3 Å². The van der Waals surface area contributed by atoms with Gasteiger partial charge in [0.05, 0.1) is 16.3 Å². The second-order valence-corrected chi connectivity index (χ2v) is 7.21. The third kappa shape index (κ3) is 3.45. The van der Waals surface area contributed by atoms with Gasteiger partial charge < -0.3 is 14.6 Å². The predicted molar refractivity (Wildman–Crippen MR) is 96.6 cm³/mol. The smallest absolute Gasteiger partial charge is 0.268 e. The molecule has 1 fully saturated rings. The summed E-state index contributed by atoms with van der Waals surface area (Å²) < 4.78 is 21.8. The molecule has 4 rings (SSSR count). The van der Waals surface area contributed by atoms with Crippen molar-refractivity contribution in [2.24, 2.45) is 0 Å². The minimum atomic E-state index is -0.258. The highest BCUT2D eigenvalue weighted by atomic mass is 32.1. The highest BCUT2D eigenvalue weighted by Crippen LogP contribution is 2.26. The molecule has 0 saturated carbocycles. The number of thiophene rings is 1. The van der Waals surface area contributed by atoms with Gasteiger partial charge >= 0.3 is 0 Å². The van der Waals surface area contributed by atoms with Gasteiger partial charge in [-0.25, -0.2) is 4.39 Å². The number of rotatable bonds is 5. The average Bonchev–Trinajstić information content (AvgIpc) is 3.33. The van der Waals surface area contributed by atoms with Crippen LogP contribution in [0.1, 0.15) is 28.9 Å². The van der Waals surface area contributed by atoms with E-state index in [1.807, 2.05) is 22.1 Å². The minimum absolute atomic E-state index is 0.0963. The van der Waals surface area contributed by atoms with E-state index >= 15 is 0 Å². The number of ether oxygens (including phenoxy) is 1. The van der Waals surface area contributed by atoms with Gasteiger partial charge in [0.1, 0.15) is 11.5 Å². The zero-order valence-corrected chi connectivity index (χ0v) is 14.5. The van der Waals surface area contributed by atoms with Crippen LogP contribution in [0.2, 0.25) is 0 Å². The van der Waals surface area contributed by atoms with Crippen LogP contribution in [0.3, 0.4) is 0 Å². The van der Waals surface area contributed by atoms with Crippen LogP contribution in [-0.4, -0.2) is 29.7 Å². The van der Waals surface area contributed by atoms with Crippen LogP contribution in [0.5, 0.6) is 0 Å². The van der Waals surface area contributed by atoms with E-state index < -0.39 is 0 Å². The first-order chi connectivity index (χ1) is 12.2. The number of benzene rings is 1. The van der Waals surface area contributed by atoms with Crippen molar-refractivity contribution in [3.05, 3.63) is 58.9 Å². The number of nitrogens with zero attached hydrogens (tertiary/aromatic N) is 1. The number of nitrogens with one attached hydrogen (secondary N) is 1. The first-order valence-electron chi connectivity index (χ1n) is 8.42. The fourth-order valence-corrected chi connectivity index (χ4v) is 4.03. The predicted octanol–water partition coefficient (Wildman–Crippen LogP) is 3.80.